The van der Waals surface area contributed by atoms with E-state index in [0.29, 0.717) is 18.7 Å². The number of carbonyl (C=O) groups is 2. The van der Waals surface area contributed by atoms with Crippen LogP contribution in [0, 0.1) is 0 Å². The van der Waals surface area contributed by atoms with E-state index in [1.165, 1.54) is 0 Å². The molecule has 0 saturated heterocycles. The Morgan fingerprint density at radius 1 is 1.12 bits per heavy atom. The van der Waals surface area contributed by atoms with Gasteiger partial charge in [-0.2, -0.15) is 0 Å². The van der Waals surface area contributed by atoms with Crippen molar-refractivity contribution in [2.45, 2.75) is 45.8 Å². The van der Waals surface area contributed by atoms with Gasteiger partial charge >= 0.3 is 6.09 Å². The average Bonchev–Trinajstić information content (AvgIpc) is 3.21. The molecule has 2 aromatic carbocycles. The van der Waals surface area contributed by atoms with Gasteiger partial charge in [-0.05, 0) is 63.5 Å². The topological polar surface area (TPSA) is 71.8 Å². The lowest BCUT2D eigenvalue weighted by molar-refractivity contribution is 0.0542. The molecule has 0 aliphatic carbocycles. The number of para-hydroxylation sites is 1. The van der Waals surface area contributed by atoms with Crippen molar-refractivity contribution in [1.82, 2.24) is 9.47 Å². The number of benzene rings is 2. The fourth-order valence-corrected chi connectivity index (χ4v) is 4.52. The molecule has 1 unspecified atom stereocenters. The molecule has 0 bridgehead atoms. The van der Waals surface area contributed by atoms with Crippen LogP contribution in [0.2, 0.25) is 0 Å². The van der Waals surface area contributed by atoms with Crippen LogP contribution in [0.5, 0.6) is 0 Å². The first-order valence-corrected chi connectivity index (χ1v) is 11.3. The molecule has 3 aromatic rings. The summed E-state index contributed by atoms with van der Waals surface area (Å²) in [7, 11) is 0. The number of hydrogen-bond acceptors (Lipinski definition) is 4. The summed E-state index contributed by atoms with van der Waals surface area (Å²) in [5, 5.41) is 10.3. The normalized spacial score (nSPS) is 16.1. The fraction of sp³-hybridized carbons (Fsp3) is 0.333. The first kappa shape index (κ1) is 22.8. The number of carbonyl (C=O) groups excluding carboxylic acids is 2. The van der Waals surface area contributed by atoms with Gasteiger partial charge in [0.2, 0.25) is 0 Å². The highest BCUT2D eigenvalue weighted by molar-refractivity contribution is 5.99. The van der Waals surface area contributed by atoms with Gasteiger partial charge in [-0.25, -0.2) is 9.36 Å². The van der Waals surface area contributed by atoms with Crippen molar-refractivity contribution in [1.29, 1.82) is 0 Å². The molecule has 172 valence electrons. The van der Waals surface area contributed by atoms with Gasteiger partial charge in [-0.1, -0.05) is 42.5 Å². The number of fused-ring (bicyclic) bond motifs is 2. The predicted molar refractivity (Wildman–Crippen MR) is 129 cm³/mol. The second-order valence-electron chi connectivity index (χ2n) is 9.29. The second kappa shape index (κ2) is 8.87. The molecule has 1 aliphatic rings. The zero-order chi connectivity index (χ0) is 23.8. The first-order chi connectivity index (χ1) is 15.7. The van der Waals surface area contributed by atoms with Crippen molar-refractivity contribution < 1.29 is 19.4 Å². The lowest BCUT2D eigenvalue weighted by atomic mass is 10.1. The molecule has 1 aromatic heterocycles. The van der Waals surface area contributed by atoms with Crippen LogP contribution >= 0.6 is 0 Å². The molecule has 0 spiro atoms. The maximum absolute atomic E-state index is 13.2. The van der Waals surface area contributed by atoms with Crippen molar-refractivity contribution in [2.24, 2.45) is 0 Å². The summed E-state index contributed by atoms with van der Waals surface area (Å²) in [4.78, 5) is 28.1. The maximum Gasteiger partial charge on any atom is 0.419 e. The molecule has 6 nitrogen and oxygen atoms in total. The van der Waals surface area contributed by atoms with Gasteiger partial charge < -0.3 is 14.7 Å². The number of amides is 1. The molecule has 1 aliphatic heterocycles. The van der Waals surface area contributed by atoms with E-state index in [1.54, 1.807) is 16.7 Å². The highest BCUT2D eigenvalue weighted by Crippen LogP contribution is 2.34. The van der Waals surface area contributed by atoms with Crippen molar-refractivity contribution >= 4 is 29.0 Å². The zero-order valence-corrected chi connectivity index (χ0v) is 19.5. The molecule has 4 rings (SSSR count). The number of rotatable bonds is 5. The van der Waals surface area contributed by atoms with Gasteiger partial charge in [0.1, 0.15) is 5.60 Å². The second-order valence-corrected chi connectivity index (χ2v) is 9.29. The Morgan fingerprint density at radius 3 is 2.52 bits per heavy atom. The van der Waals surface area contributed by atoms with E-state index in [-0.39, 0.29) is 18.6 Å². The largest absolute Gasteiger partial charge is 0.443 e. The molecule has 0 fully saturated rings. The minimum atomic E-state index is -0.649. The molecular weight excluding hydrogens is 416 g/mol. The van der Waals surface area contributed by atoms with Crippen LogP contribution < -0.4 is 0 Å². The van der Waals surface area contributed by atoms with Crippen LogP contribution in [-0.4, -0.2) is 45.3 Å². The quantitative estimate of drug-likeness (QED) is 0.586. The molecule has 1 N–H and O–H groups in total. The van der Waals surface area contributed by atoms with Crippen LogP contribution in [0.25, 0.3) is 17.0 Å². The van der Waals surface area contributed by atoms with E-state index in [2.05, 4.69) is 0 Å². The Balaban J connectivity index is 1.74. The van der Waals surface area contributed by atoms with E-state index in [9.17, 15) is 14.7 Å². The van der Waals surface area contributed by atoms with Gasteiger partial charge in [-0.3, -0.25) is 4.79 Å². The Labute approximate surface area is 194 Å². The van der Waals surface area contributed by atoms with Crippen LogP contribution in [0.1, 0.15) is 60.9 Å². The van der Waals surface area contributed by atoms with Gasteiger partial charge in [0.25, 0.3) is 5.91 Å². The van der Waals surface area contributed by atoms with Crippen LogP contribution in [0.3, 0.4) is 0 Å². The average molecular weight is 447 g/mol. The molecule has 2 heterocycles. The number of ether oxygens (including phenoxy) is 1. The summed E-state index contributed by atoms with van der Waals surface area (Å²) in [5.74, 6) is 0.0291. The summed E-state index contributed by atoms with van der Waals surface area (Å²) in [6.45, 7) is 7.90. The number of aliphatic hydroxyl groups is 1. The molecule has 1 amide bonds. The molecule has 33 heavy (non-hydrogen) atoms. The van der Waals surface area contributed by atoms with E-state index in [4.69, 9.17) is 4.74 Å². The fourth-order valence-electron chi connectivity index (χ4n) is 4.52. The summed E-state index contributed by atoms with van der Waals surface area (Å²) in [6.07, 6.45) is 3.45. The van der Waals surface area contributed by atoms with Crippen LogP contribution in [-0.2, 0) is 11.2 Å². The molecule has 0 saturated carbocycles. The first-order valence-electron chi connectivity index (χ1n) is 11.3. The predicted octanol–water partition coefficient (Wildman–Crippen LogP) is 5.19. The number of aromatic nitrogens is 1. The third-order valence-corrected chi connectivity index (χ3v) is 5.95. The SMILES string of the molecule is CC1c2ccccc2C(=O)N1CCc1c(/C=C/CO)n(C(=O)OC(C)(C)C)c2ccccc12. The standard InChI is InChI=1S/C27H30N2O4/c1-18-19-10-5-6-12-22(19)25(31)28(18)16-15-21-20-11-7-8-13-23(20)29(24(21)14-9-17-30)26(32)33-27(2,3)4/h5-14,18,30H,15-17H2,1-4H3/b14-9+. The third-order valence-electron chi connectivity index (χ3n) is 5.95. The van der Waals surface area contributed by atoms with Crippen molar-refractivity contribution in [3.05, 3.63) is 77.0 Å². The van der Waals surface area contributed by atoms with Gasteiger partial charge in [0.05, 0.1) is 23.9 Å². The lowest BCUT2D eigenvalue weighted by Gasteiger charge is -2.22. The minimum absolute atomic E-state index is 0.00987. The van der Waals surface area contributed by atoms with Gasteiger partial charge in [0, 0.05) is 17.5 Å². The molecule has 0 radical (unpaired) electrons. The van der Waals surface area contributed by atoms with Crippen molar-refractivity contribution in [3.63, 3.8) is 0 Å². The number of nitrogens with zero attached hydrogens (tertiary/aromatic N) is 2. The highest BCUT2D eigenvalue weighted by atomic mass is 16.6. The third kappa shape index (κ3) is 4.31. The summed E-state index contributed by atoms with van der Waals surface area (Å²) in [6, 6.07) is 15.4. The monoisotopic (exact) mass is 446 g/mol. The van der Waals surface area contributed by atoms with Crippen LogP contribution in [0.15, 0.2) is 54.6 Å². The van der Waals surface area contributed by atoms with Gasteiger partial charge in [0.15, 0.2) is 0 Å². The van der Waals surface area contributed by atoms with Gasteiger partial charge in [-0.15, -0.1) is 0 Å². The minimum Gasteiger partial charge on any atom is -0.443 e. The van der Waals surface area contributed by atoms with Crippen LogP contribution in [0.4, 0.5) is 4.79 Å². The Morgan fingerprint density at radius 2 is 1.82 bits per heavy atom. The Bertz CT molecular complexity index is 1230. The molecule has 1 atom stereocenters. The highest BCUT2D eigenvalue weighted by Gasteiger charge is 2.33. The Hall–Kier alpha value is -3.38. The number of hydrogen-bond donors (Lipinski definition) is 1. The van der Waals surface area contributed by atoms with E-state index < -0.39 is 11.7 Å². The summed E-state index contributed by atoms with van der Waals surface area (Å²) in [5.41, 5.74) is 3.49. The maximum atomic E-state index is 13.2. The van der Waals surface area contributed by atoms with Crippen molar-refractivity contribution in [2.75, 3.05) is 13.2 Å². The molecular formula is C27H30N2O4. The number of aliphatic hydroxyl groups excluding tert-OH is 1. The smallest absolute Gasteiger partial charge is 0.419 e. The summed E-state index contributed by atoms with van der Waals surface area (Å²) < 4.78 is 7.24. The summed E-state index contributed by atoms with van der Waals surface area (Å²) >= 11 is 0. The zero-order valence-electron chi connectivity index (χ0n) is 19.5. The lowest BCUT2D eigenvalue weighted by Crippen LogP contribution is -2.29. The molecule has 6 heteroatoms. The van der Waals surface area contributed by atoms with Crippen molar-refractivity contribution in [3.8, 4) is 0 Å². The van der Waals surface area contributed by atoms with E-state index >= 15 is 0 Å². The van der Waals surface area contributed by atoms with E-state index in [1.807, 2.05) is 81.1 Å². The Kier molecular flexibility index (Phi) is 6.13. The van der Waals surface area contributed by atoms with E-state index in [0.717, 1.165) is 27.6 Å².